The normalized spacial score (nSPS) is 15.4. The van der Waals surface area contributed by atoms with Crippen molar-refractivity contribution in [2.45, 2.75) is 19.3 Å². The first-order valence-corrected chi connectivity index (χ1v) is 8.13. The van der Waals surface area contributed by atoms with Crippen molar-refractivity contribution in [3.8, 4) is 0 Å². The lowest BCUT2D eigenvalue weighted by Gasteiger charge is -2.25. The molecule has 0 bridgehead atoms. The Balaban J connectivity index is 1.64. The van der Waals surface area contributed by atoms with Crippen molar-refractivity contribution in [2.24, 2.45) is 0 Å². The van der Waals surface area contributed by atoms with Crippen LogP contribution in [-0.2, 0) is 17.6 Å². The van der Waals surface area contributed by atoms with Crippen LogP contribution in [0.5, 0.6) is 0 Å². The fraction of sp³-hybridized carbons (Fsp3) is 0.222. The Hall–Kier alpha value is -2.40. The fourth-order valence-electron chi connectivity index (χ4n) is 3.37. The maximum Gasteiger partial charge on any atom is 0.255 e. The molecule has 2 amide bonds. The molecule has 2 aliphatic rings. The van der Waals surface area contributed by atoms with E-state index in [1.165, 1.54) is 18.2 Å². The Bertz CT molecular complexity index is 882. The highest BCUT2D eigenvalue weighted by Crippen LogP contribution is 2.37. The van der Waals surface area contributed by atoms with Gasteiger partial charge in [-0.3, -0.25) is 9.59 Å². The molecule has 122 valence electrons. The number of carbonyl (C=O) groups is 2. The van der Waals surface area contributed by atoms with E-state index in [-0.39, 0.29) is 16.8 Å². The van der Waals surface area contributed by atoms with Crippen LogP contribution in [-0.4, -0.2) is 18.4 Å². The zero-order valence-electron chi connectivity index (χ0n) is 12.7. The summed E-state index contributed by atoms with van der Waals surface area (Å²) in [5, 5.41) is 2.70. The number of hydrogen-bond acceptors (Lipinski definition) is 2. The van der Waals surface area contributed by atoms with E-state index in [1.54, 1.807) is 0 Å². The van der Waals surface area contributed by atoms with E-state index >= 15 is 0 Å². The summed E-state index contributed by atoms with van der Waals surface area (Å²) in [6.45, 7) is 0.680. The Morgan fingerprint density at radius 3 is 2.62 bits per heavy atom. The summed E-state index contributed by atoms with van der Waals surface area (Å²) in [4.78, 5) is 26.3. The van der Waals surface area contributed by atoms with Gasteiger partial charge in [0.05, 0.1) is 10.7 Å². The number of hydrogen-bond donors (Lipinski definition) is 1. The summed E-state index contributed by atoms with van der Waals surface area (Å²) < 4.78 is 13.2. The molecule has 0 saturated carbocycles. The number of carbonyl (C=O) groups excluding carboxylic acids is 2. The number of aryl methyl sites for hydroxylation is 1. The van der Waals surface area contributed by atoms with Gasteiger partial charge in [0.1, 0.15) is 5.82 Å². The lowest BCUT2D eigenvalue weighted by Crippen LogP contribution is -2.33. The second-order valence-electron chi connectivity index (χ2n) is 6.02. The van der Waals surface area contributed by atoms with Crippen molar-refractivity contribution >= 4 is 34.8 Å². The highest BCUT2D eigenvalue weighted by Gasteiger charge is 2.32. The van der Waals surface area contributed by atoms with Crippen LogP contribution < -0.4 is 10.2 Å². The number of anilines is 2. The van der Waals surface area contributed by atoms with Gasteiger partial charge in [-0.2, -0.15) is 0 Å². The van der Waals surface area contributed by atoms with Gasteiger partial charge in [0.15, 0.2) is 0 Å². The molecule has 0 saturated heterocycles. The van der Waals surface area contributed by atoms with Crippen LogP contribution >= 0.6 is 11.6 Å². The molecule has 0 spiro atoms. The van der Waals surface area contributed by atoms with Gasteiger partial charge in [-0.15, -0.1) is 0 Å². The maximum absolute atomic E-state index is 13.2. The summed E-state index contributed by atoms with van der Waals surface area (Å²) in [6.07, 6.45) is 1.89. The molecule has 4 rings (SSSR count). The minimum Gasteiger partial charge on any atom is -0.322 e. The number of halogens is 2. The first kappa shape index (κ1) is 15.1. The molecule has 2 aliphatic heterocycles. The highest BCUT2D eigenvalue weighted by molar-refractivity contribution is 6.31. The molecule has 0 fully saturated rings. The Kier molecular flexibility index (Phi) is 3.53. The third-order valence-electron chi connectivity index (χ3n) is 4.49. The summed E-state index contributed by atoms with van der Waals surface area (Å²) in [5.74, 6) is -0.645. The monoisotopic (exact) mass is 344 g/mol. The van der Waals surface area contributed by atoms with Gasteiger partial charge in [0.25, 0.3) is 5.91 Å². The van der Waals surface area contributed by atoms with Gasteiger partial charge in [-0.25, -0.2) is 4.39 Å². The lowest BCUT2D eigenvalue weighted by molar-refractivity contribution is -0.118. The average molecular weight is 345 g/mol. The standard InChI is InChI=1S/C18H14ClFN2O2/c19-14-9-13(2-3-15(14)20)21-18(24)12-7-10-1-4-16(23)22-6-5-11(8-12)17(10)22/h2-3,7-9H,1,4-6H2,(H,21,24). The summed E-state index contributed by atoms with van der Waals surface area (Å²) in [5.41, 5.74) is 4.03. The van der Waals surface area contributed by atoms with Gasteiger partial charge in [0, 0.05) is 24.2 Å². The molecule has 0 aromatic heterocycles. The van der Waals surface area contributed by atoms with Crippen molar-refractivity contribution in [2.75, 3.05) is 16.8 Å². The number of benzene rings is 2. The van der Waals surface area contributed by atoms with Gasteiger partial charge in [-0.05, 0) is 54.3 Å². The van der Waals surface area contributed by atoms with Crippen LogP contribution in [0.3, 0.4) is 0 Å². The highest BCUT2D eigenvalue weighted by atomic mass is 35.5. The molecule has 0 unspecified atom stereocenters. The van der Waals surface area contributed by atoms with Crippen LogP contribution in [0.2, 0.25) is 5.02 Å². The number of rotatable bonds is 2. The van der Waals surface area contributed by atoms with Crippen LogP contribution in [0.1, 0.15) is 27.9 Å². The molecule has 1 N–H and O–H groups in total. The summed E-state index contributed by atoms with van der Waals surface area (Å²) >= 11 is 5.74. The molecule has 2 aromatic carbocycles. The van der Waals surface area contributed by atoms with Gasteiger partial charge in [-0.1, -0.05) is 11.6 Å². The quantitative estimate of drug-likeness (QED) is 0.905. The maximum atomic E-state index is 13.2. The van der Waals surface area contributed by atoms with Gasteiger partial charge in [0.2, 0.25) is 5.91 Å². The van der Waals surface area contributed by atoms with Crippen LogP contribution in [0.25, 0.3) is 0 Å². The number of nitrogens with one attached hydrogen (secondary N) is 1. The molecule has 6 heteroatoms. The molecule has 0 atom stereocenters. The van der Waals surface area contributed by atoms with E-state index in [9.17, 15) is 14.0 Å². The topological polar surface area (TPSA) is 49.4 Å². The Morgan fingerprint density at radius 2 is 1.88 bits per heavy atom. The molecule has 0 aliphatic carbocycles. The fourth-order valence-corrected chi connectivity index (χ4v) is 3.55. The van der Waals surface area contributed by atoms with Crippen molar-refractivity contribution in [1.29, 1.82) is 0 Å². The first-order chi connectivity index (χ1) is 11.5. The SMILES string of the molecule is O=C(Nc1ccc(F)c(Cl)c1)c1cc2c3c(c1)CCN3C(=O)CC2. The minimum absolute atomic E-state index is 0.0361. The van der Waals surface area contributed by atoms with E-state index in [1.807, 2.05) is 17.0 Å². The van der Waals surface area contributed by atoms with Crippen LogP contribution in [0.15, 0.2) is 30.3 Å². The largest absolute Gasteiger partial charge is 0.322 e. The third kappa shape index (κ3) is 2.45. The number of amides is 2. The number of nitrogens with zero attached hydrogens (tertiary/aromatic N) is 1. The first-order valence-electron chi connectivity index (χ1n) is 7.75. The average Bonchev–Trinajstić information content (AvgIpc) is 3.00. The Morgan fingerprint density at radius 1 is 1.12 bits per heavy atom. The second kappa shape index (κ2) is 5.60. The molecule has 2 aromatic rings. The molecular formula is C18H14ClFN2O2. The third-order valence-corrected chi connectivity index (χ3v) is 4.78. The summed E-state index contributed by atoms with van der Waals surface area (Å²) in [6, 6.07) is 7.74. The van der Waals surface area contributed by atoms with Crippen molar-refractivity contribution in [3.05, 3.63) is 57.9 Å². The van der Waals surface area contributed by atoms with E-state index in [4.69, 9.17) is 11.6 Å². The molecule has 2 heterocycles. The zero-order chi connectivity index (χ0) is 16.8. The van der Waals surface area contributed by atoms with E-state index < -0.39 is 5.82 Å². The molecule has 4 nitrogen and oxygen atoms in total. The van der Waals surface area contributed by atoms with Crippen molar-refractivity contribution in [1.82, 2.24) is 0 Å². The second-order valence-corrected chi connectivity index (χ2v) is 6.43. The Labute approximate surface area is 143 Å². The molecule has 24 heavy (non-hydrogen) atoms. The predicted octanol–water partition coefficient (Wildman–Crippen LogP) is 3.57. The minimum atomic E-state index is -0.526. The van der Waals surface area contributed by atoms with Crippen LogP contribution in [0.4, 0.5) is 15.8 Å². The predicted molar refractivity (Wildman–Crippen MR) is 90.2 cm³/mol. The van der Waals surface area contributed by atoms with E-state index in [2.05, 4.69) is 5.32 Å². The van der Waals surface area contributed by atoms with Crippen LogP contribution in [0, 0.1) is 5.82 Å². The van der Waals surface area contributed by atoms with E-state index in [0.717, 1.165) is 23.2 Å². The summed E-state index contributed by atoms with van der Waals surface area (Å²) in [7, 11) is 0. The zero-order valence-corrected chi connectivity index (χ0v) is 13.5. The van der Waals surface area contributed by atoms with Gasteiger partial charge < -0.3 is 10.2 Å². The van der Waals surface area contributed by atoms with Crippen molar-refractivity contribution < 1.29 is 14.0 Å². The lowest BCUT2D eigenvalue weighted by atomic mass is 9.96. The van der Waals surface area contributed by atoms with E-state index in [0.29, 0.717) is 30.6 Å². The molecule has 0 radical (unpaired) electrons. The smallest absolute Gasteiger partial charge is 0.255 e. The van der Waals surface area contributed by atoms with Gasteiger partial charge >= 0.3 is 0 Å². The molecular weight excluding hydrogens is 331 g/mol. The van der Waals surface area contributed by atoms with Crippen molar-refractivity contribution in [3.63, 3.8) is 0 Å².